The molecule has 0 N–H and O–H groups in total. The van der Waals surface area contributed by atoms with Crippen LogP contribution in [0.3, 0.4) is 0 Å². The lowest BCUT2D eigenvalue weighted by Gasteiger charge is -2.09. The van der Waals surface area contributed by atoms with Gasteiger partial charge in [-0.05, 0) is 31.2 Å². The van der Waals surface area contributed by atoms with Gasteiger partial charge in [-0.3, -0.25) is 4.57 Å². The summed E-state index contributed by atoms with van der Waals surface area (Å²) in [6.07, 6.45) is 1.74. The molecule has 9 heteroatoms. The number of hydrogen-bond donors (Lipinski definition) is 0. The summed E-state index contributed by atoms with van der Waals surface area (Å²) in [7, 11) is 0. The van der Waals surface area contributed by atoms with E-state index in [0.29, 0.717) is 35.1 Å². The standard InChI is InChI=1S/C22H20FN5O2S/c1-3-12-28-19(13-29-18-7-5-4-6-17(18)23)24-27-22(28)31-14-20-25-26-21(30-20)16-10-8-15(2)9-11-16/h3-11H,1,12-14H2,2H3. The van der Waals surface area contributed by atoms with Crippen LogP contribution in [0.5, 0.6) is 5.75 Å². The second-order valence-corrected chi connectivity index (χ2v) is 7.62. The largest absolute Gasteiger partial charge is 0.483 e. The summed E-state index contributed by atoms with van der Waals surface area (Å²) >= 11 is 1.41. The van der Waals surface area contributed by atoms with Crippen molar-refractivity contribution in [2.24, 2.45) is 0 Å². The van der Waals surface area contributed by atoms with Gasteiger partial charge in [0.2, 0.25) is 11.8 Å². The molecule has 0 saturated carbocycles. The highest BCUT2D eigenvalue weighted by molar-refractivity contribution is 7.98. The van der Waals surface area contributed by atoms with Crippen LogP contribution in [0, 0.1) is 12.7 Å². The predicted octanol–water partition coefficient (Wildman–Crippen LogP) is 4.83. The molecular weight excluding hydrogens is 417 g/mol. The van der Waals surface area contributed by atoms with Gasteiger partial charge in [-0.15, -0.1) is 27.0 Å². The number of rotatable bonds is 9. The van der Waals surface area contributed by atoms with Crippen molar-refractivity contribution in [3.63, 3.8) is 0 Å². The van der Waals surface area contributed by atoms with Crippen molar-refractivity contribution >= 4 is 11.8 Å². The molecule has 0 spiro atoms. The minimum Gasteiger partial charge on any atom is -0.483 e. The van der Waals surface area contributed by atoms with Crippen molar-refractivity contribution in [1.82, 2.24) is 25.0 Å². The first-order valence-corrected chi connectivity index (χ1v) is 10.5. The van der Waals surface area contributed by atoms with Gasteiger partial charge >= 0.3 is 0 Å². The monoisotopic (exact) mass is 437 g/mol. The lowest BCUT2D eigenvalue weighted by atomic mass is 10.1. The zero-order chi connectivity index (χ0) is 21.6. The highest BCUT2D eigenvalue weighted by Gasteiger charge is 2.15. The topological polar surface area (TPSA) is 78.9 Å². The zero-order valence-corrected chi connectivity index (χ0v) is 17.7. The van der Waals surface area contributed by atoms with Crippen LogP contribution >= 0.6 is 11.8 Å². The van der Waals surface area contributed by atoms with Gasteiger partial charge in [-0.1, -0.05) is 47.7 Å². The molecule has 0 aliphatic rings. The molecule has 158 valence electrons. The van der Waals surface area contributed by atoms with Crippen LogP contribution in [0.2, 0.25) is 0 Å². The number of thioether (sulfide) groups is 1. The first kappa shape index (κ1) is 20.8. The van der Waals surface area contributed by atoms with Crippen molar-refractivity contribution < 1.29 is 13.5 Å². The Morgan fingerprint density at radius 1 is 1.10 bits per heavy atom. The molecule has 2 aromatic carbocycles. The molecule has 0 bridgehead atoms. The maximum Gasteiger partial charge on any atom is 0.247 e. The zero-order valence-electron chi connectivity index (χ0n) is 16.9. The summed E-state index contributed by atoms with van der Waals surface area (Å²) in [4.78, 5) is 0. The van der Waals surface area contributed by atoms with Crippen LogP contribution < -0.4 is 4.74 Å². The van der Waals surface area contributed by atoms with E-state index in [-0.39, 0.29) is 12.4 Å². The summed E-state index contributed by atoms with van der Waals surface area (Å²) in [6.45, 7) is 6.38. The molecule has 0 aliphatic heterocycles. The predicted molar refractivity (Wildman–Crippen MR) is 115 cm³/mol. The third-order valence-electron chi connectivity index (χ3n) is 4.39. The number of aryl methyl sites for hydroxylation is 1. The summed E-state index contributed by atoms with van der Waals surface area (Å²) in [5.74, 6) is 1.70. The van der Waals surface area contributed by atoms with Crippen LogP contribution in [0.15, 0.2) is 70.8 Å². The van der Waals surface area contributed by atoms with Crippen molar-refractivity contribution in [3.8, 4) is 17.2 Å². The molecule has 31 heavy (non-hydrogen) atoms. The number of ether oxygens (including phenoxy) is 1. The van der Waals surface area contributed by atoms with E-state index in [1.807, 2.05) is 35.8 Å². The van der Waals surface area contributed by atoms with Crippen LogP contribution in [-0.2, 0) is 18.9 Å². The van der Waals surface area contributed by atoms with E-state index < -0.39 is 5.82 Å². The van der Waals surface area contributed by atoms with E-state index in [9.17, 15) is 4.39 Å². The average molecular weight is 438 g/mol. The Labute approximate surface area is 183 Å². The molecule has 7 nitrogen and oxygen atoms in total. The first-order chi connectivity index (χ1) is 15.1. The molecule has 4 aromatic rings. The molecule has 0 fully saturated rings. The molecular formula is C22H20FN5O2S. The Bertz CT molecular complexity index is 1170. The fraction of sp³-hybridized carbons (Fsp3) is 0.182. The Kier molecular flexibility index (Phi) is 6.42. The second kappa shape index (κ2) is 9.57. The summed E-state index contributed by atoms with van der Waals surface area (Å²) < 4.78 is 27.0. The number of hydrogen-bond acceptors (Lipinski definition) is 7. The quantitative estimate of drug-likeness (QED) is 0.274. The van der Waals surface area contributed by atoms with Crippen LogP contribution in [0.4, 0.5) is 4.39 Å². The lowest BCUT2D eigenvalue weighted by molar-refractivity contribution is 0.275. The molecule has 0 saturated heterocycles. The minimum atomic E-state index is -0.423. The maximum absolute atomic E-state index is 13.8. The summed E-state index contributed by atoms with van der Waals surface area (Å²) in [6, 6.07) is 14.1. The smallest absolute Gasteiger partial charge is 0.247 e. The van der Waals surface area contributed by atoms with E-state index in [2.05, 4.69) is 27.0 Å². The third kappa shape index (κ3) is 5.00. The highest BCUT2D eigenvalue weighted by Crippen LogP contribution is 2.25. The van der Waals surface area contributed by atoms with Gasteiger partial charge in [0, 0.05) is 12.1 Å². The van der Waals surface area contributed by atoms with Crippen molar-refractivity contribution in [2.45, 2.75) is 31.0 Å². The maximum atomic E-state index is 13.8. The van der Waals surface area contributed by atoms with Gasteiger partial charge in [0.05, 0.1) is 5.75 Å². The van der Waals surface area contributed by atoms with Crippen LogP contribution in [-0.4, -0.2) is 25.0 Å². The number of benzene rings is 2. The molecule has 2 heterocycles. The summed E-state index contributed by atoms with van der Waals surface area (Å²) in [5, 5.41) is 17.3. The Morgan fingerprint density at radius 2 is 1.90 bits per heavy atom. The van der Waals surface area contributed by atoms with E-state index >= 15 is 0 Å². The normalized spacial score (nSPS) is 10.9. The van der Waals surface area contributed by atoms with Gasteiger partial charge in [0.25, 0.3) is 0 Å². The number of allylic oxidation sites excluding steroid dienone is 1. The van der Waals surface area contributed by atoms with Gasteiger partial charge in [-0.2, -0.15) is 0 Å². The number of aromatic nitrogens is 5. The molecule has 0 radical (unpaired) electrons. The second-order valence-electron chi connectivity index (χ2n) is 6.67. The van der Waals surface area contributed by atoms with Crippen molar-refractivity contribution in [2.75, 3.05) is 0 Å². The molecule has 0 amide bonds. The van der Waals surface area contributed by atoms with Crippen LogP contribution in [0.25, 0.3) is 11.5 Å². The van der Waals surface area contributed by atoms with E-state index in [1.165, 1.54) is 17.8 Å². The Hall–Kier alpha value is -3.46. The van der Waals surface area contributed by atoms with Crippen molar-refractivity contribution in [1.29, 1.82) is 0 Å². The number of halogens is 1. The Balaban J connectivity index is 1.43. The van der Waals surface area contributed by atoms with E-state index in [1.54, 1.807) is 24.3 Å². The Morgan fingerprint density at radius 3 is 2.68 bits per heavy atom. The number of nitrogens with zero attached hydrogens (tertiary/aromatic N) is 5. The van der Waals surface area contributed by atoms with Gasteiger partial charge in [-0.25, -0.2) is 4.39 Å². The minimum absolute atomic E-state index is 0.0838. The molecule has 0 unspecified atom stereocenters. The molecule has 2 aromatic heterocycles. The number of para-hydroxylation sites is 1. The average Bonchev–Trinajstić information content (AvgIpc) is 3.40. The molecule has 0 atom stereocenters. The summed E-state index contributed by atoms with van der Waals surface area (Å²) in [5.41, 5.74) is 2.03. The SMILES string of the molecule is C=CCn1c(COc2ccccc2F)nnc1SCc1nnc(-c2ccc(C)cc2)o1. The molecule has 4 rings (SSSR count). The van der Waals surface area contributed by atoms with E-state index in [4.69, 9.17) is 9.15 Å². The fourth-order valence-electron chi connectivity index (χ4n) is 2.80. The van der Waals surface area contributed by atoms with Crippen molar-refractivity contribution in [3.05, 3.63) is 84.3 Å². The van der Waals surface area contributed by atoms with Gasteiger partial charge < -0.3 is 9.15 Å². The molecule has 0 aliphatic carbocycles. The third-order valence-corrected chi connectivity index (χ3v) is 5.34. The van der Waals surface area contributed by atoms with Gasteiger partial charge in [0.1, 0.15) is 6.61 Å². The van der Waals surface area contributed by atoms with E-state index in [0.717, 1.165) is 11.1 Å². The first-order valence-electron chi connectivity index (χ1n) is 9.56. The van der Waals surface area contributed by atoms with Gasteiger partial charge in [0.15, 0.2) is 22.5 Å². The highest BCUT2D eigenvalue weighted by atomic mass is 32.2. The lowest BCUT2D eigenvalue weighted by Crippen LogP contribution is -2.08. The van der Waals surface area contributed by atoms with Crippen LogP contribution in [0.1, 0.15) is 17.3 Å². The fourth-order valence-corrected chi connectivity index (χ4v) is 3.60.